The summed E-state index contributed by atoms with van der Waals surface area (Å²) in [6.07, 6.45) is 0.929. The summed E-state index contributed by atoms with van der Waals surface area (Å²) in [5, 5.41) is 4.15. The molecule has 1 heterocycles. The molecule has 0 unspecified atom stereocenters. The number of nitrogens with one attached hydrogen (secondary N) is 1. The van der Waals surface area contributed by atoms with E-state index in [9.17, 15) is 8.78 Å². The average molecular weight is 452 g/mol. The molecule has 32 heavy (non-hydrogen) atoms. The third-order valence-electron chi connectivity index (χ3n) is 5.87. The summed E-state index contributed by atoms with van der Waals surface area (Å²) in [4.78, 5) is 4.55. The summed E-state index contributed by atoms with van der Waals surface area (Å²) in [7, 11) is 0. The maximum Gasteiger partial charge on any atom is 0.169 e. The van der Waals surface area contributed by atoms with Gasteiger partial charge in [-0.2, -0.15) is 0 Å². The fourth-order valence-corrected chi connectivity index (χ4v) is 4.44. The van der Waals surface area contributed by atoms with E-state index in [1.165, 1.54) is 29.8 Å². The van der Waals surface area contributed by atoms with Crippen molar-refractivity contribution in [3.8, 4) is 0 Å². The number of hydrogen-bond acceptors (Lipinski definition) is 2. The van der Waals surface area contributed by atoms with E-state index in [4.69, 9.17) is 12.2 Å². The summed E-state index contributed by atoms with van der Waals surface area (Å²) in [6, 6.07) is 23.5. The highest BCUT2D eigenvalue weighted by Gasteiger charge is 2.27. The summed E-state index contributed by atoms with van der Waals surface area (Å²) in [5.41, 5.74) is 3.28. The molecule has 0 atom stereocenters. The van der Waals surface area contributed by atoms with E-state index in [-0.39, 0.29) is 17.7 Å². The Hall–Kier alpha value is -2.83. The zero-order chi connectivity index (χ0) is 22.3. The molecule has 1 saturated heterocycles. The van der Waals surface area contributed by atoms with Gasteiger partial charge in [-0.3, -0.25) is 4.90 Å². The Bertz CT molecular complexity index is 956. The van der Waals surface area contributed by atoms with Crippen LogP contribution < -0.4 is 5.32 Å². The van der Waals surface area contributed by atoms with Crippen LogP contribution in [-0.2, 0) is 6.42 Å². The number of piperazine rings is 1. The maximum atomic E-state index is 13.5. The molecule has 1 aliphatic rings. The lowest BCUT2D eigenvalue weighted by Gasteiger charge is -2.40. The van der Waals surface area contributed by atoms with Crippen LogP contribution in [0.2, 0.25) is 0 Å². The summed E-state index contributed by atoms with van der Waals surface area (Å²) in [5.74, 6) is -0.522. The molecule has 1 N–H and O–H groups in total. The van der Waals surface area contributed by atoms with Crippen LogP contribution in [0.25, 0.3) is 0 Å². The van der Waals surface area contributed by atoms with Crippen molar-refractivity contribution in [3.63, 3.8) is 0 Å². The molecule has 1 aliphatic heterocycles. The van der Waals surface area contributed by atoms with Crippen molar-refractivity contribution in [2.45, 2.75) is 12.5 Å². The number of nitrogens with zero attached hydrogens (tertiary/aromatic N) is 2. The predicted octanol–water partition coefficient (Wildman–Crippen LogP) is 4.79. The van der Waals surface area contributed by atoms with Gasteiger partial charge in [0.1, 0.15) is 11.6 Å². The van der Waals surface area contributed by atoms with Gasteiger partial charge in [0.2, 0.25) is 0 Å². The van der Waals surface area contributed by atoms with Gasteiger partial charge in [-0.05, 0) is 59.6 Å². The fraction of sp³-hybridized carbons (Fsp3) is 0.269. The number of benzene rings is 3. The fourth-order valence-electron chi connectivity index (χ4n) is 4.16. The quantitative estimate of drug-likeness (QED) is 0.543. The molecule has 0 bridgehead atoms. The lowest BCUT2D eigenvalue weighted by Crippen LogP contribution is -2.52. The largest absolute Gasteiger partial charge is 0.362 e. The molecule has 6 heteroatoms. The summed E-state index contributed by atoms with van der Waals surface area (Å²) in [6.45, 7) is 4.02. The number of hydrogen-bond donors (Lipinski definition) is 1. The van der Waals surface area contributed by atoms with Gasteiger partial charge >= 0.3 is 0 Å². The first kappa shape index (κ1) is 22.4. The minimum atomic E-state index is -0.261. The van der Waals surface area contributed by atoms with Crippen molar-refractivity contribution in [2.24, 2.45) is 0 Å². The number of halogens is 2. The molecule has 4 rings (SSSR count). The SMILES string of the molecule is Fc1ccc(C(c2ccc(F)cc2)N2CCN(C(=S)NCCc3ccccc3)CC2)cc1. The van der Waals surface area contributed by atoms with Crippen LogP contribution in [0.4, 0.5) is 8.78 Å². The first-order valence-electron chi connectivity index (χ1n) is 10.9. The molecule has 0 amide bonds. The Labute approximate surface area is 193 Å². The Morgan fingerprint density at radius 3 is 1.84 bits per heavy atom. The molecule has 3 aromatic rings. The smallest absolute Gasteiger partial charge is 0.169 e. The van der Waals surface area contributed by atoms with Crippen molar-refractivity contribution >= 4 is 17.3 Å². The maximum absolute atomic E-state index is 13.5. The Balaban J connectivity index is 1.38. The molecule has 3 nitrogen and oxygen atoms in total. The normalized spacial score (nSPS) is 14.5. The second-order valence-electron chi connectivity index (χ2n) is 8.00. The highest BCUT2D eigenvalue weighted by Crippen LogP contribution is 2.30. The molecule has 0 spiro atoms. The second-order valence-corrected chi connectivity index (χ2v) is 8.38. The van der Waals surface area contributed by atoms with E-state index in [0.29, 0.717) is 0 Å². The molecule has 3 aromatic carbocycles. The monoisotopic (exact) mass is 451 g/mol. The van der Waals surface area contributed by atoms with E-state index in [2.05, 4.69) is 27.2 Å². The van der Waals surface area contributed by atoms with E-state index in [1.807, 2.05) is 42.5 Å². The molecule has 0 saturated carbocycles. The van der Waals surface area contributed by atoms with Crippen molar-refractivity contribution < 1.29 is 8.78 Å². The predicted molar refractivity (Wildman–Crippen MR) is 129 cm³/mol. The van der Waals surface area contributed by atoms with Crippen molar-refractivity contribution in [2.75, 3.05) is 32.7 Å². The second kappa shape index (κ2) is 10.7. The first-order valence-corrected chi connectivity index (χ1v) is 11.3. The Morgan fingerprint density at radius 2 is 1.31 bits per heavy atom. The molecule has 1 fully saturated rings. The van der Waals surface area contributed by atoms with E-state index >= 15 is 0 Å². The Morgan fingerprint density at radius 1 is 0.781 bits per heavy atom. The third-order valence-corrected chi connectivity index (χ3v) is 6.27. The molecule has 166 valence electrons. The van der Waals surface area contributed by atoms with Gasteiger partial charge in [0.25, 0.3) is 0 Å². The molecular weight excluding hydrogens is 424 g/mol. The van der Waals surface area contributed by atoms with Crippen LogP contribution in [0.5, 0.6) is 0 Å². The van der Waals surface area contributed by atoms with Crippen molar-refractivity contribution in [1.82, 2.24) is 15.1 Å². The van der Waals surface area contributed by atoms with Gasteiger partial charge < -0.3 is 10.2 Å². The number of thiocarbonyl (C=S) groups is 1. The van der Waals surface area contributed by atoms with Gasteiger partial charge in [0.15, 0.2) is 5.11 Å². The zero-order valence-electron chi connectivity index (χ0n) is 17.9. The zero-order valence-corrected chi connectivity index (χ0v) is 18.7. The van der Waals surface area contributed by atoms with E-state index < -0.39 is 0 Å². The highest BCUT2D eigenvalue weighted by atomic mass is 32.1. The standard InChI is InChI=1S/C26H27F2N3S/c27-23-10-6-21(7-11-23)25(22-8-12-24(28)13-9-22)30-16-18-31(19-17-30)26(32)29-15-14-20-4-2-1-3-5-20/h1-13,25H,14-19H2,(H,29,32). The van der Waals surface area contributed by atoms with Crippen LogP contribution >= 0.6 is 12.2 Å². The van der Waals surface area contributed by atoms with E-state index in [1.54, 1.807) is 0 Å². The van der Waals surface area contributed by atoms with Crippen LogP contribution in [0, 0.1) is 11.6 Å². The number of rotatable bonds is 6. The minimum Gasteiger partial charge on any atom is -0.362 e. The molecule has 0 radical (unpaired) electrons. The molecule has 0 aromatic heterocycles. The van der Waals surface area contributed by atoms with E-state index in [0.717, 1.165) is 55.4 Å². The van der Waals surface area contributed by atoms with Crippen LogP contribution in [-0.4, -0.2) is 47.6 Å². The topological polar surface area (TPSA) is 18.5 Å². The minimum absolute atomic E-state index is 0.0574. The molecular formula is C26H27F2N3S. The van der Waals surface area contributed by atoms with Crippen LogP contribution in [0.1, 0.15) is 22.7 Å². The van der Waals surface area contributed by atoms with Crippen molar-refractivity contribution in [1.29, 1.82) is 0 Å². The van der Waals surface area contributed by atoms with Gasteiger partial charge in [-0.25, -0.2) is 8.78 Å². The third kappa shape index (κ3) is 5.69. The van der Waals surface area contributed by atoms with Gasteiger partial charge in [0.05, 0.1) is 6.04 Å². The first-order chi connectivity index (χ1) is 15.6. The van der Waals surface area contributed by atoms with Gasteiger partial charge in [0, 0.05) is 32.7 Å². The van der Waals surface area contributed by atoms with Crippen molar-refractivity contribution in [3.05, 3.63) is 107 Å². The lowest BCUT2D eigenvalue weighted by molar-refractivity contribution is 0.149. The average Bonchev–Trinajstić information content (AvgIpc) is 2.83. The lowest BCUT2D eigenvalue weighted by atomic mass is 9.96. The Kier molecular flexibility index (Phi) is 7.45. The van der Waals surface area contributed by atoms with Crippen LogP contribution in [0.15, 0.2) is 78.9 Å². The highest BCUT2D eigenvalue weighted by molar-refractivity contribution is 7.80. The molecule has 0 aliphatic carbocycles. The van der Waals surface area contributed by atoms with Gasteiger partial charge in [-0.1, -0.05) is 54.6 Å². The van der Waals surface area contributed by atoms with Gasteiger partial charge in [-0.15, -0.1) is 0 Å². The summed E-state index contributed by atoms with van der Waals surface area (Å²) < 4.78 is 27.0. The van der Waals surface area contributed by atoms with Crippen LogP contribution in [0.3, 0.4) is 0 Å². The summed E-state index contributed by atoms with van der Waals surface area (Å²) >= 11 is 5.62.